The molecule has 0 bridgehead atoms. The van der Waals surface area contributed by atoms with Gasteiger partial charge in [-0.15, -0.1) is 11.3 Å². The summed E-state index contributed by atoms with van der Waals surface area (Å²) in [6, 6.07) is 5.86. The van der Waals surface area contributed by atoms with Crippen LogP contribution in [0.25, 0.3) is 10.2 Å². The van der Waals surface area contributed by atoms with Crippen LogP contribution in [-0.4, -0.2) is 15.9 Å². The van der Waals surface area contributed by atoms with Gasteiger partial charge in [-0.3, -0.25) is 9.59 Å². The molecule has 0 radical (unpaired) electrons. The predicted molar refractivity (Wildman–Crippen MR) is 89.8 cm³/mol. The maximum Gasteiger partial charge on any atom is 0.287 e. The van der Waals surface area contributed by atoms with Gasteiger partial charge in [-0.1, -0.05) is 12.1 Å². The lowest BCUT2D eigenvalue weighted by Crippen LogP contribution is -2.27. The van der Waals surface area contributed by atoms with Crippen molar-refractivity contribution in [1.82, 2.24) is 15.3 Å². The van der Waals surface area contributed by atoms with E-state index in [1.807, 2.05) is 0 Å². The Hall–Kier alpha value is -2.54. The molecule has 1 amide bonds. The van der Waals surface area contributed by atoms with E-state index in [0.717, 1.165) is 30.4 Å². The molecule has 122 valence electrons. The fourth-order valence-electron chi connectivity index (χ4n) is 2.98. The molecule has 0 fully saturated rings. The van der Waals surface area contributed by atoms with Gasteiger partial charge in [0, 0.05) is 11.4 Å². The third kappa shape index (κ3) is 2.60. The largest absolute Gasteiger partial charge is 0.345 e. The number of nitrogens with zero attached hydrogens (tertiary/aromatic N) is 1. The summed E-state index contributed by atoms with van der Waals surface area (Å²) in [5, 5.41) is 3.31. The quantitative estimate of drug-likeness (QED) is 0.767. The Balaban J connectivity index is 1.58. The maximum absolute atomic E-state index is 12.9. The smallest absolute Gasteiger partial charge is 0.287 e. The summed E-state index contributed by atoms with van der Waals surface area (Å²) in [6.07, 6.45) is 2.94. The Bertz CT molecular complexity index is 991. The molecule has 24 heavy (non-hydrogen) atoms. The Labute approximate surface area is 140 Å². The highest BCUT2D eigenvalue weighted by molar-refractivity contribution is 7.18. The zero-order valence-corrected chi connectivity index (χ0v) is 13.5. The van der Waals surface area contributed by atoms with Crippen LogP contribution in [-0.2, 0) is 19.4 Å². The number of amides is 1. The number of aromatic nitrogens is 2. The number of carbonyl (C=O) groups excluding carboxylic acids is 1. The summed E-state index contributed by atoms with van der Waals surface area (Å²) < 4.78 is 12.9. The van der Waals surface area contributed by atoms with Gasteiger partial charge in [0.1, 0.15) is 10.6 Å². The molecule has 0 saturated heterocycles. The van der Waals surface area contributed by atoms with Gasteiger partial charge in [-0.05, 0) is 42.5 Å². The van der Waals surface area contributed by atoms with E-state index in [1.165, 1.54) is 28.3 Å². The van der Waals surface area contributed by atoms with E-state index < -0.39 is 5.91 Å². The lowest BCUT2D eigenvalue weighted by atomic mass is 10.2. The van der Waals surface area contributed by atoms with Gasteiger partial charge in [-0.2, -0.15) is 0 Å². The Morgan fingerprint density at radius 2 is 2.08 bits per heavy atom. The lowest BCUT2D eigenvalue weighted by Gasteiger charge is -2.05. The van der Waals surface area contributed by atoms with Crippen LogP contribution in [0.1, 0.15) is 33.0 Å². The molecule has 2 heterocycles. The van der Waals surface area contributed by atoms with Gasteiger partial charge >= 0.3 is 0 Å². The normalized spacial score (nSPS) is 13.2. The fraction of sp³-hybridized carbons (Fsp3) is 0.235. The van der Waals surface area contributed by atoms with Crippen molar-refractivity contribution >= 4 is 27.5 Å². The first-order chi connectivity index (χ1) is 11.6. The van der Waals surface area contributed by atoms with Crippen molar-refractivity contribution < 1.29 is 9.18 Å². The number of halogens is 1. The van der Waals surface area contributed by atoms with Gasteiger partial charge in [0.05, 0.1) is 5.39 Å². The summed E-state index contributed by atoms with van der Waals surface area (Å²) in [6.45, 7) is 0.238. The lowest BCUT2D eigenvalue weighted by molar-refractivity contribution is 0.0940. The van der Waals surface area contributed by atoms with Crippen LogP contribution >= 0.6 is 11.3 Å². The highest BCUT2D eigenvalue weighted by atomic mass is 32.1. The van der Waals surface area contributed by atoms with Crippen molar-refractivity contribution in [1.29, 1.82) is 0 Å². The molecule has 0 saturated carbocycles. The molecule has 1 aliphatic rings. The zero-order chi connectivity index (χ0) is 16.7. The molecular formula is C17H14FN3O2S. The molecular weight excluding hydrogens is 329 g/mol. The van der Waals surface area contributed by atoms with Crippen molar-refractivity contribution in [2.75, 3.05) is 0 Å². The Morgan fingerprint density at radius 1 is 1.29 bits per heavy atom. The minimum absolute atomic E-state index is 0.00883. The number of H-pyrrole nitrogens is 1. The van der Waals surface area contributed by atoms with E-state index in [9.17, 15) is 14.0 Å². The first kappa shape index (κ1) is 15.0. The maximum atomic E-state index is 12.9. The second kappa shape index (κ2) is 5.83. The third-order valence-electron chi connectivity index (χ3n) is 4.16. The summed E-state index contributed by atoms with van der Waals surface area (Å²) in [4.78, 5) is 33.3. The number of rotatable bonds is 3. The van der Waals surface area contributed by atoms with Crippen molar-refractivity contribution in [2.24, 2.45) is 0 Å². The first-order valence-electron chi connectivity index (χ1n) is 7.69. The van der Waals surface area contributed by atoms with E-state index in [0.29, 0.717) is 10.2 Å². The standard InChI is InChI=1S/C17H14FN3O2S/c18-10-6-4-9(5-7-10)8-19-16(23)14-20-15(22)13-11-2-1-3-12(11)24-17(13)21-14/h4-7H,1-3,8H2,(H,19,23)(H,20,21,22). The van der Waals surface area contributed by atoms with Crippen LogP contribution in [0, 0.1) is 5.82 Å². The van der Waals surface area contributed by atoms with Crippen molar-refractivity contribution in [3.8, 4) is 0 Å². The van der Waals surface area contributed by atoms with Crippen LogP contribution in [0.5, 0.6) is 0 Å². The van der Waals surface area contributed by atoms with Gasteiger partial charge in [0.2, 0.25) is 5.82 Å². The molecule has 0 spiro atoms. The van der Waals surface area contributed by atoms with Crippen LogP contribution in [0.4, 0.5) is 4.39 Å². The van der Waals surface area contributed by atoms with E-state index in [-0.39, 0.29) is 23.7 Å². The van der Waals surface area contributed by atoms with E-state index >= 15 is 0 Å². The van der Waals surface area contributed by atoms with Crippen LogP contribution < -0.4 is 10.9 Å². The summed E-state index contributed by atoms with van der Waals surface area (Å²) in [5.41, 5.74) is 1.59. The molecule has 4 rings (SSSR count). The number of aromatic amines is 1. The molecule has 1 aromatic carbocycles. The molecule has 0 aliphatic heterocycles. The third-order valence-corrected chi connectivity index (χ3v) is 5.34. The van der Waals surface area contributed by atoms with E-state index in [4.69, 9.17) is 0 Å². The summed E-state index contributed by atoms with van der Waals surface area (Å²) in [7, 11) is 0. The van der Waals surface area contributed by atoms with Gasteiger partial charge < -0.3 is 10.3 Å². The minimum atomic E-state index is -0.452. The second-order valence-corrected chi connectivity index (χ2v) is 6.84. The highest BCUT2D eigenvalue weighted by Gasteiger charge is 2.22. The average molecular weight is 343 g/mol. The van der Waals surface area contributed by atoms with Crippen molar-refractivity contribution in [3.63, 3.8) is 0 Å². The molecule has 1 aliphatic carbocycles. The molecule has 0 atom stereocenters. The first-order valence-corrected chi connectivity index (χ1v) is 8.50. The Morgan fingerprint density at radius 3 is 2.88 bits per heavy atom. The fourth-order valence-corrected chi connectivity index (χ4v) is 4.24. The summed E-state index contributed by atoms with van der Waals surface area (Å²) in [5.74, 6) is -0.770. The highest BCUT2D eigenvalue weighted by Crippen LogP contribution is 2.34. The number of aryl methyl sites for hydroxylation is 2. The number of thiophene rings is 1. The van der Waals surface area contributed by atoms with Crippen LogP contribution in [0.2, 0.25) is 0 Å². The summed E-state index contributed by atoms with van der Waals surface area (Å²) >= 11 is 1.50. The molecule has 2 N–H and O–H groups in total. The van der Waals surface area contributed by atoms with Crippen LogP contribution in [0.3, 0.4) is 0 Å². The monoisotopic (exact) mass is 343 g/mol. The average Bonchev–Trinajstić information content (AvgIpc) is 3.14. The molecule has 2 aromatic heterocycles. The number of hydrogen-bond acceptors (Lipinski definition) is 4. The number of benzene rings is 1. The number of nitrogens with one attached hydrogen (secondary N) is 2. The second-order valence-electron chi connectivity index (χ2n) is 5.76. The van der Waals surface area contributed by atoms with Crippen molar-refractivity contribution in [3.05, 3.63) is 62.3 Å². The number of hydrogen-bond donors (Lipinski definition) is 2. The van der Waals surface area contributed by atoms with Gasteiger partial charge in [-0.25, -0.2) is 9.37 Å². The molecule has 0 unspecified atom stereocenters. The van der Waals surface area contributed by atoms with E-state index in [1.54, 1.807) is 12.1 Å². The van der Waals surface area contributed by atoms with Crippen molar-refractivity contribution in [2.45, 2.75) is 25.8 Å². The topological polar surface area (TPSA) is 74.8 Å². The predicted octanol–water partition coefficient (Wildman–Crippen LogP) is 2.54. The van der Waals surface area contributed by atoms with Gasteiger partial charge in [0.15, 0.2) is 0 Å². The minimum Gasteiger partial charge on any atom is -0.345 e. The SMILES string of the molecule is O=C(NCc1ccc(F)cc1)c1nc2sc3c(c2c(=O)[nH]1)CCC3. The van der Waals surface area contributed by atoms with Crippen LogP contribution in [0.15, 0.2) is 29.1 Å². The molecule has 5 nitrogen and oxygen atoms in total. The number of fused-ring (bicyclic) bond motifs is 3. The van der Waals surface area contributed by atoms with E-state index in [2.05, 4.69) is 15.3 Å². The Kier molecular flexibility index (Phi) is 3.65. The molecule has 3 aromatic rings. The zero-order valence-electron chi connectivity index (χ0n) is 12.7. The molecule has 7 heteroatoms. The number of carbonyl (C=O) groups is 1. The van der Waals surface area contributed by atoms with Gasteiger partial charge in [0.25, 0.3) is 11.5 Å².